The van der Waals surface area contributed by atoms with Crippen molar-refractivity contribution in [2.24, 2.45) is 11.8 Å². The molecule has 3 N–H and O–H groups in total. The van der Waals surface area contributed by atoms with E-state index in [0.29, 0.717) is 22.0 Å². The molecule has 7 heteroatoms. The smallest absolute Gasteiger partial charge is 0.311 e. The van der Waals surface area contributed by atoms with Gasteiger partial charge in [-0.25, -0.2) is 8.78 Å². The summed E-state index contributed by atoms with van der Waals surface area (Å²) < 4.78 is 27.6. The fourth-order valence-corrected chi connectivity index (χ4v) is 4.74. The van der Waals surface area contributed by atoms with Crippen LogP contribution in [-0.2, 0) is 10.5 Å². The molecule has 1 fully saturated rings. The van der Waals surface area contributed by atoms with Gasteiger partial charge in [-0.2, -0.15) is 0 Å². The van der Waals surface area contributed by atoms with Crippen molar-refractivity contribution in [2.45, 2.75) is 37.8 Å². The molecule has 1 atom stereocenters. The molecule has 4 nitrogen and oxygen atoms in total. The summed E-state index contributed by atoms with van der Waals surface area (Å²) >= 11 is 6.03. The Kier molecular flexibility index (Phi) is 4.91. The van der Waals surface area contributed by atoms with Crippen molar-refractivity contribution >= 4 is 28.9 Å². The molecule has 0 radical (unpaired) electrons. The first-order valence-corrected chi connectivity index (χ1v) is 9.83. The number of carboxylic acids is 1. The maximum Gasteiger partial charge on any atom is 0.311 e. The van der Waals surface area contributed by atoms with E-state index in [-0.39, 0.29) is 5.92 Å². The number of halogens is 3. The molecule has 1 aliphatic heterocycles. The molecule has 0 saturated heterocycles. The summed E-state index contributed by atoms with van der Waals surface area (Å²) in [5.74, 6) is -3.80. The van der Waals surface area contributed by atoms with Crippen molar-refractivity contribution in [3.63, 3.8) is 0 Å². The van der Waals surface area contributed by atoms with Gasteiger partial charge in [-0.05, 0) is 36.5 Å². The molecule has 0 spiro atoms. The predicted octanol–water partition coefficient (Wildman–Crippen LogP) is 5.59. The number of carboxylic acid groups (broad SMARTS) is 1. The van der Waals surface area contributed by atoms with Gasteiger partial charge in [0, 0.05) is 17.2 Å². The van der Waals surface area contributed by atoms with Crippen LogP contribution >= 0.6 is 11.6 Å². The zero-order valence-electron chi connectivity index (χ0n) is 15.1. The van der Waals surface area contributed by atoms with E-state index in [1.54, 1.807) is 24.3 Å². The van der Waals surface area contributed by atoms with Crippen molar-refractivity contribution in [3.8, 4) is 0 Å². The van der Waals surface area contributed by atoms with Gasteiger partial charge in [0.2, 0.25) is 0 Å². The van der Waals surface area contributed by atoms with Gasteiger partial charge in [-0.3, -0.25) is 4.79 Å². The van der Waals surface area contributed by atoms with Crippen molar-refractivity contribution in [1.29, 1.82) is 0 Å². The van der Waals surface area contributed by atoms with Gasteiger partial charge in [0.15, 0.2) is 11.6 Å². The lowest BCUT2D eigenvalue weighted by Crippen LogP contribution is -2.52. The Morgan fingerprint density at radius 2 is 1.57 bits per heavy atom. The lowest BCUT2D eigenvalue weighted by Gasteiger charge is -2.42. The third-order valence-corrected chi connectivity index (χ3v) is 6.13. The van der Waals surface area contributed by atoms with Gasteiger partial charge in [0.05, 0.1) is 11.4 Å². The van der Waals surface area contributed by atoms with Crippen LogP contribution in [0.15, 0.2) is 36.4 Å². The number of hydrogen-bond acceptors (Lipinski definition) is 3. The van der Waals surface area contributed by atoms with Crippen LogP contribution in [0.2, 0.25) is 5.02 Å². The maximum absolute atomic E-state index is 13.8. The summed E-state index contributed by atoms with van der Waals surface area (Å²) in [6.45, 7) is 0. The summed E-state index contributed by atoms with van der Waals surface area (Å²) in [4.78, 5) is 12.5. The first-order chi connectivity index (χ1) is 13.4. The van der Waals surface area contributed by atoms with E-state index < -0.39 is 29.2 Å². The molecule has 148 valence electrons. The van der Waals surface area contributed by atoms with E-state index in [2.05, 4.69) is 10.6 Å². The Hall–Kier alpha value is -2.34. The molecule has 0 amide bonds. The monoisotopic (exact) mass is 406 g/mol. The number of carbonyl (C=O) groups is 1. The van der Waals surface area contributed by atoms with Gasteiger partial charge >= 0.3 is 5.97 Å². The maximum atomic E-state index is 13.8. The van der Waals surface area contributed by atoms with Crippen LogP contribution in [0, 0.1) is 23.5 Å². The Bertz CT molecular complexity index is 867. The number of fused-ring (bicyclic) bond motifs is 1. The van der Waals surface area contributed by atoms with Gasteiger partial charge < -0.3 is 15.7 Å². The fraction of sp³-hybridized carbons (Fsp3) is 0.381. The molecule has 2 aliphatic rings. The Morgan fingerprint density at radius 1 is 1.04 bits per heavy atom. The first-order valence-electron chi connectivity index (χ1n) is 9.45. The highest BCUT2D eigenvalue weighted by atomic mass is 35.5. The second-order valence-electron chi connectivity index (χ2n) is 7.59. The van der Waals surface area contributed by atoms with Crippen LogP contribution in [0.1, 0.15) is 37.7 Å². The summed E-state index contributed by atoms with van der Waals surface area (Å²) in [6.07, 6.45) is 4.64. The number of benzene rings is 2. The molecular weight excluding hydrogens is 386 g/mol. The summed E-state index contributed by atoms with van der Waals surface area (Å²) in [7, 11) is 0. The predicted molar refractivity (Wildman–Crippen MR) is 104 cm³/mol. The first kappa shape index (κ1) is 19.0. The van der Waals surface area contributed by atoms with E-state index in [9.17, 15) is 18.7 Å². The van der Waals surface area contributed by atoms with Crippen LogP contribution in [0.25, 0.3) is 0 Å². The van der Waals surface area contributed by atoms with E-state index in [1.807, 2.05) is 0 Å². The van der Waals surface area contributed by atoms with E-state index in [0.717, 1.165) is 44.2 Å². The second kappa shape index (κ2) is 7.24. The molecule has 28 heavy (non-hydrogen) atoms. The average Bonchev–Trinajstić information content (AvgIpc) is 3.02. The molecule has 2 aromatic carbocycles. The summed E-state index contributed by atoms with van der Waals surface area (Å²) in [5.41, 5.74) is 0.125. The Morgan fingerprint density at radius 3 is 2.07 bits per heavy atom. The van der Waals surface area contributed by atoms with Gasteiger partial charge in [0.25, 0.3) is 0 Å². The highest BCUT2D eigenvalue weighted by molar-refractivity contribution is 6.30. The van der Waals surface area contributed by atoms with Crippen LogP contribution in [0.5, 0.6) is 0 Å². The SMILES string of the molecule is O=C(O)C(C1CCCCC1)C1(c2ccc(Cl)cc2)Nc2cc(F)c(F)cc2N1. The Labute approximate surface area is 166 Å². The standard InChI is InChI=1S/C21H21ClF2N2O2/c22-14-8-6-13(7-9-14)21(19(20(27)28)12-4-2-1-3-5-12)25-17-10-15(23)16(24)11-18(17)26-21/h6-12,19,25-26H,1-5H2,(H,27,28). The summed E-state index contributed by atoms with van der Waals surface area (Å²) in [5, 5.41) is 17.1. The zero-order chi connectivity index (χ0) is 19.9. The molecule has 1 unspecified atom stereocenters. The van der Waals surface area contributed by atoms with Crippen molar-refractivity contribution < 1.29 is 18.7 Å². The molecule has 1 saturated carbocycles. The molecule has 4 rings (SSSR count). The van der Waals surface area contributed by atoms with Gasteiger partial charge in [-0.1, -0.05) is 43.0 Å². The highest BCUT2D eigenvalue weighted by Gasteiger charge is 2.52. The topological polar surface area (TPSA) is 61.4 Å². The van der Waals surface area contributed by atoms with Gasteiger partial charge in [0.1, 0.15) is 11.6 Å². The number of nitrogens with one attached hydrogen (secondary N) is 2. The van der Waals surface area contributed by atoms with Crippen molar-refractivity contribution in [1.82, 2.24) is 0 Å². The molecule has 2 aromatic rings. The van der Waals surface area contributed by atoms with E-state index >= 15 is 0 Å². The normalized spacial score (nSPS) is 19.4. The minimum atomic E-state index is -1.22. The zero-order valence-corrected chi connectivity index (χ0v) is 15.9. The van der Waals surface area contributed by atoms with Gasteiger partial charge in [-0.15, -0.1) is 0 Å². The molecule has 1 aliphatic carbocycles. The lowest BCUT2D eigenvalue weighted by molar-refractivity contribution is -0.146. The third-order valence-electron chi connectivity index (χ3n) is 5.88. The Balaban J connectivity index is 1.84. The highest BCUT2D eigenvalue weighted by Crippen LogP contribution is 2.49. The van der Waals surface area contributed by atoms with Crippen molar-refractivity contribution in [2.75, 3.05) is 10.6 Å². The molecule has 0 aromatic heterocycles. The molecule has 0 bridgehead atoms. The van der Waals surface area contributed by atoms with E-state index in [4.69, 9.17) is 11.6 Å². The second-order valence-corrected chi connectivity index (χ2v) is 8.03. The quantitative estimate of drug-likeness (QED) is 0.619. The number of aliphatic carboxylic acids is 1. The van der Waals surface area contributed by atoms with Crippen LogP contribution in [0.4, 0.5) is 20.2 Å². The number of anilines is 2. The summed E-state index contributed by atoms with van der Waals surface area (Å²) in [6, 6.07) is 9.00. The van der Waals surface area contributed by atoms with E-state index in [1.165, 1.54) is 0 Å². The average molecular weight is 407 g/mol. The number of hydrogen-bond donors (Lipinski definition) is 3. The minimum Gasteiger partial charge on any atom is -0.481 e. The fourth-order valence-electron chi connectivity index (χ4n) is 4.61. The third kappa shape index (κ3) is 3.20. The minimum absolute atomic E-state index is 0.0639. The largest absolute Gasteiger partial charge is 0.481 e. The van der Waals surface area contributed by atoms with Crippen LogP contribution in [-0.4, -0.2) is 11.1 Å². The number of rotatable bonds is 4. The molecular formula is C21H21ClF2N2O2. The lowest BCUT2D eigenvalue weighted by atomic mass is 9.71. The molecule has 1 heterocycles. The van der Waals surface area contributed by atoms with Crippen LogP contribution in [0.3, 0.4) is 0 Å². The van der Waals surface area contributed by atoms with Crippen molar-refractivity contribution in [3.05, 3.63) is 58.6 Å². The van der Waals surface area contributed by atoms with Crippen LogP contribution < -0.4 is 10.6 Å².